The molecule has 1 amide bonds. The van der Waals surface area contributed by atoms with Gasteiger partial charge in [-0.05, 0) is 61.8 Å². The zero-order valence-electron chi connectivity index (χ0n) is 15.3. The Morgan fingerprint density at radius 3 is 2.63 bits per heavy atom. The third-order valence-corrected chi connectivity index (χ3v) is 5.12. The Labute approximate surface area is 157 Å². The van der Waals surface area contributed by atoms with Crippen molar-refractivity contribution in [3.63, 3.8) is 0 Å². The Morgan fingerprint density at radius 1 is 1.15 bits per heavy atom. The van der Waals surface area contributed by atoms with Crippen LogP contribution in [0.2, 0.25) is 0 Å². The molecule has 1 unspecified atom stereocenters. The van der Waals surface area contributed by atoms with E-state index in [4.69, 9.17) is 4.74 Å². The summed E-state index contributed by atoms with van der Waals surface area (Å²) in [7, 11) is 1.67. The number of amides is 1. The molecule has 1 saturated heterocycles. The predicted octanol–water partition coefficient (Wildman–Crippen LogP) is 2.53. The zero-order chi connectivity index (χ0) is 18.6. The van der Waals surface area contributed by atoms with Gasteiger partial charge in [0, 0.05) is 12.1 Å². The minimum absolute atomic E-state index is 0.0994. The van der Waals surface area contributed by atoms with Crippen molar-refractivity contribution in [1.82, 2.24) is 25.6 Å². The van der Waals surface area contributed by atoms with Crippen molar-refractivity contribution in [3.8, 4) is 5.75 Å². The molecule has 0 radical (unpaired) electrons. The van der Waals surface area contributed by atoms with E-state index in [9.17, 15) is 4.79 Å². The second-order valence-corrected chi connectivity index (χ2v) is 6.77. The van der Waals surface area contributed by atoms with E-state index in [0.717, 1.165) is 24.4 Å². The van der Waals surface area contributed by atoms with Gasteiger partial charge in [-0.2, -0.15) is 15.4 Å². The molecule has 0 spiro atoms. The number of nitrogens with one attached hydrogen (secondary N) is 2. The molecule has 2 N–H and O–H groups in total. The van der Waals surface area contributed by atoms with Gasteiger partial charge in [0.05, 0.1) is 13.2 Å². The van der Waals surface area contributed by atoms with Gasteiger partial charge in [-0.15, -0.1) is 0 Å². The van der Waals surface area contributed by atoms with Crippen LogP contribution in [-0.4, -0.2) is 53.0 Å². The fraction of sp³-hybridized carbons (Fsp3) is 0.350. The number of aromatic amines is 1. The molecule has 7 heteroatoms. The summed E-state index contributed by atoms with van der Waals surface area (Å²) in [4.78, 5) is 15.1. The topological polar surface area (TPSA) is 83.1 Å². The number of aromatic nitrogens is 3. The van der Waals surface area contributed by atoms with Crippen molar-refractivity contribution in [2.75, 3.05) is 26.7 Å². The normalized spacial score (nSPS) is 15.7. The Morgan fingerprint density at radius 2 is 1.89 bits per heavy atom. The highest BCUT2D eigenvalue weighted by atomic mass is 16.5. The maximum atomic E-state index is 12.7. The molecule has 0 bridgehead atoms. The van der Waals surface area contributed by atoms with Crippen molar-refractivity contribution in [3.05, 3.63) is 53.6 Å². The molecule has 1 atom stereocenters. The fourth-order valence-electron chi connectivity index (χ4n) is 3.61. The number of carbonyl (C=O) groups is 1. The molecular formula is C20H23N5O2. The predicted molar refractivity (Wildman–Crippen MR) is 103 cm³/mol. The summed E-state index contributed by atoms with van der Waals surface area (Å²) in [5.41, 5.74) is 3.21. The molecule has 2 heterocycles. The second-order valence-electron chi connectivity index (χ2n) is 6.77. The lowest BCUT2D eigenvalue weighted by Gasteiger charge is -2.28. The average Bonchev–Trinajstić information content (AvgIpc) is 3.40. The third kappa shape index (κ3) is 3.78. The summed E-state index contributed by atoms with van der Waals surface area (Å²) < 4.78 is 5.26. The maximum absolute atomic E-state index is 12.7. The Hall–Kier alpha value is -2.93. The number of hydrogen-bond donors (Lipinski definition) is 2. The molecule has 2 aromatic carbocycles. The van der Waals surface area contributed by atoms with Crippen LogP contribution < -0.4 is 10.1 Å². The number of nitrogens with zero attached hydrogens (tertiary/aromatic N) is 3. The molecule has 7 nitrogen and oxygen atoms in total. The first-order valence-electron chi connectivity index (χ1n) is 9.21. The van der Waals surface area contributed by atoms with Gasteiger partial charge in [-0.3, -0.25) is 9.69 Å². The van der Waals surface area contributed by atoms with Crippen molar-refractivity contribution in [1.29, 1.82) is 0 Å². The van der Waals surface area contributed by atoms with E-state index in [1.165, 1.54) is 18.4 Å². The van der Waals surface area contributed by atoms with Crippen LogP contribution in [0.5, 0.6) is 5.75 Å². The van der Waals surface area contributed by atoms with Crippen molar-refractivity contribution in [2.45, 2.75) is 18.9 Å². The molecule has 0 aliphatic carbocycles. The van der Waals surface area contributed by atoms with Gasteiger partial charge >= 0.3 is 0 Å². The third-order valence-electron chi connectivity index (χ3n) is 5.12. The van der Waals surface area contributed by atoms with Gasteiger partial charge in [-0.1, -0.05) is 12.1 Å². The van der Waals surface area contributed by atoms with E-state index >= 15 is 0 Å². The van der Waals surface area contributed by atoms with E-state index in [-0.39, 0.29) is 11.9 Å². The van der Waals surface area contributed by atoms with Crippen LogP contribution in [0.4, 0.5) is 0 Å². The maximum Gasteiger partial charge on any atom is 0.251 e. The summed E-state index contributed by atoms with van der Waals surface area (Å²) in [5.74, 6) is 0.737. The molecular weight excluding hydrogens is 342 g/mol. The van der Waals surface area contributed by atoms with Crippen LogP contribution in [-0.2, 0) is 0 Å². The zero-order valence-corrected chi connectivity index (χ0v) is 15.3. The van der Waals surface area contributed by atoms with Crippen LogP contribution in [0.1, 0.15) is 34.8 Å². The molecule has 27 heavy (non-hydrogen) atoms. The molecule has 1 fully saturated rings. The number of H-pyrrole nitrogens is 1. The monoisotopic (exact) mass is 365 g/mol. The van der Waals surface area contributed by atoms with Crippen LogP contribution >= 0.6 is 0 Å². The van der Waals surface area contributed by atoms with Crippen molar-refractivity contribution in [2.24, 2.45) is 0 Å². The van der Waals surface area contributed by atoms with Gasteiger partial charge in [-0.25, -0.2) is 0 Å². The van der Waals surface area contributed by atoms with Gasteiger partial charge in [0.25, 0.3) is 5.91 Å². The lowest BCUT2D eigenvalue weighted by Crippen LogP contribution is -2.36. The highest BCUT2D eigenvalue weighted by Crippen LogP contribution is 2.26. The SMILES string of the molecule is COc1ccc(C(CNC(=O)c2ccc3n[nH]nc3c2)N2CCCC2)cc1. The largest absolute Gasteiger partial charge is 0.497 e. The lowest BCUT2D eigenvalue weighted by atomic mass is 10.0. The minimum atomic E-state index is -0.0994. The lowest BCUT2D eigenvalue weighted by molar-refractivity contribution is 0.0938. The standard InChI is InChI=1S/C20H23N5O2/c1-27-16-7-4-14(5-8-16)19(25-10-2-3-11-25)13-21-20(26)15-6-9-17-18(12-15)23-24-22-17/h4-9,12,19H,2-3,10-11,13H2,1H3,(H,21,26)(H,22,23,24). The van der Waals surface area contributed by atoms with E-state index < -0.39 is 0 Å². The molecule has 4 rings (SSSR count). The molecule has 140 valence electrons. The first kappa shape index (κ1) is 17.5. The number of ether oxygens (including phenoxy) is 1. The molecule has 3 aromatic rings. The highest BCUT2D eigenvalue weighted by Gasteiger charge is 2.24. The Kier molecular flexibility index (Phi) is 5.02. The summed E-state index contributed by atoms with van der Waals surface area (Å²) >= 11 is 0. The van der Waals surface area contributed by atoms with Gasteiger partial charge in [0.1, 0.15) is 16.8 Å². The van der Waals surface area contributed by atoms with Crippen LogP contribution in [0, 0.1) is 0 Å². The highest BCUT2D eigenvalue weighted by molar-refractivity contribution is 5.97. The number of rotatable bonds is 6. The van der Waals surface area contributed by atoms with E-state index in [1.807, 2.05) is 12.1 Å². The summed E-state index contributed by atoms with van der Waals surface area (Å²) in [5, 5.41) is 13.7. The average molecular weight is 365 g/mol. The van der Waals surface area contributed by atoms with Crippen molar-refractivity contribution < 1.29 is 9.53 Å². The summed E-state index contributed by atoms with van der Waals surface area (Å²) in [6, 6.07) is 13.6. The Balaban J connectivity index is 1.49. The van der Waals surface area contributed by atoms with Crippen molar-refractivity contribution >= 4 is 16.9 Å². The minimum Gasteiger partial charge on any atom is -0.497 e. The van der Waals surface area contributed by atoms with Gasteiger partial charge in [0.15, 0.2) is 0 Å². The molecule has 0 saturated carbocycles. The molecule has 1 aromatic heterocycles. The van der Waals surface area contributed by atoms with E-state index in [2.05, 4.69) is 37.8 Å². The van der Waals surface area contributed by atoms with Crippen LogP contribution in [0.15, 0.2) is 42.5 Å². The first-order valence-corrected chi connectivity index (χ1v) is 9.21. The number of methoxy groups -OCH3 is 1. The van der Waals surface area contributed by atoms with Gasteiger partial charge < -0.3 is 10.1 Å². The number of fused-ring (bicyclic) bond motifs is 1. The number of likely N-dealkylation sites (tertiary alicyclic amines) is 1. The smallest absolute Gasteiger partial charge is 0.251 e. The second kappa shape index (κ2) is 7.75. The summed E-state index contributed by atoms with van der Waals surface area (Å²) in [6.07, 6.45) is 2.40. The number of carbonyl (C=O) groups excluding carboxylic acids is 1. The molecule has 1 aliphatic heterocycles. The van der Waals surface area contributed by atoms with E-state index in [0.29, 0.717) is 17.6 Å². The fourth-order valence-corrected chi connectivity index (χ4v) is 3.61. The Bertz CT molecular complexity index is 916. The van der Waals surface area contributed by atoms with Crippen LogP contribution in [0.25, 0.3) is 11.0 Å². The van der Waals surface area contributed by atoms with E-state index in [1.54, 1.807) is 25.3 Å². The van der Waals surface area contributed by atoms with Crippen LogP contribution in [0.3, 0.4) is 0 Å². The molecule has 1 aliphatic rings. The number of hydrogen-bond acceptors (Lipinski definition) is 5. The summed E-state index contributed by atoms with van der Waals surface area (Å²) in [6.45, 7) is 2.66. The quantitative estimate of drug-likeness (QED) is 0.701. The van der Waals surface area contributed by atoms with Gasteiger partial charge in [0.2, 0.25) is 0 Å². The number of benzene rings is 2. The first-order chi connectivity index (χ1) is 13.2.